The van der Waals surface area contributed by atoms with E-state index in [0.717, 1.165) is 5.56 Å². The summed E-state index contributed by atoms with van der Waals surface area (Å²) in [5.41, 5.74) is 7.34. The average Bonchev–Trinajstić information content (AvgIpc) is 2.68. The number of rotatable bonds is 8. The second-order valence-corrected chi connectivity index (χ2v) is 6.30. The molecule has 11 heteroatoms. The Kier molecular flexibility index (Phi) is 6.59. The minimum Gasteiger partial charge on any atom is -0.465 e. The summed E-state index contributed by atoms with van der Waals surface area (Å²) in [6, 6.07) is 8.90. The van der Waals surface area contributed by atoms with Crippen LogP contribution in [0.25, 0.3) is 0 Å². The molecule has 0 atom stereocenters. The summed E-state index contributed by atoms with van der Waals surface area (Å²) in [6.07, 6.45) is 2.51. The molecule has 0 saturated carbocycles. The Labute approximate surface area is 171 Å². The van der Waals surface area contributed by atoms with Crippen LogP contribution in [0.5, 0.6) is 11.6 Å². The summed E-state index contributed by atoms with van der Waals surface area (Å²) in [6.45, 7) is 0.659. The van der Waals surface area contributed by atoms with Crippen LogP contribution in [0.4, 0.5) is 16.7 Å². The Morgan fingerprint density at radius 2 is 1.90 bits per heavy atom. The molecule has 0 aliphatic carbocycles. The smallest absolute Gasteiger partial charge is 0.404 e. The predicted octanol–water partition coefficient (Wildman–Crippen LogP) is 2.72. The number of benzene rings is 1. The number of carbonyl (C=O) groups is 1. The fraction of sp³-hybridized carbons (Fsp3) is 0.167. The van der Waals surface area contributed by atoms with Crippen molar-refractivity contribution < 1.29 is 14.6 Å². The van der Waals surface area contributed by atoms with Crippen LogP contribution < -0.4 is 21.1 Å². The van der Waals surface area contributed by atoms with Gasteiger partial charge in [0, 0.05) is 12.6 Å². The van der Waals surface area contributed by atoms with Crippen molar-refractivity contribution in [2.45, 2.75) is 13.0 Å². The number of halogens is 1. The SMILES string of the molecule is Nc1nc(CNc2ncc(Cl)cn2)cc(Oc2ccc(CCNC(=O)O)cc2)n1. The Balaban J connectivity index is 1.60. The van der Waals surface area contributed by atoms with E-state index < -0.39 is 6.09 Å². The average molecular weight is 416 g/mol. The van der Waals surface area contributed by atoms with Gasteiger partial charge < -0.3 is 26.2 Å². The Morgan fingerprint density at radius 3 is 2.59 bits per heavy atom. The van der Waals surface area contributed by atoms with Crippen molar-refractivity contribution in [3.8, 4) is 11.6 Å². The van der Waals surface area contributed by atoms with Crippen LogP contribution in [0, 0.1) is 0 Å². The number of carboxylic acid groups (broad SMARTS) is 1. The van der Waals surface area contributed by atoms with Crippen LogP contribution in [0.2, 0.25) is 5.02 Å². The van der Waals surface area contributed by atoms with Crippen molar-refractivity contribution >= 4 is 29.6 Å². The standard InChI is InChI=1S/C18H18ClN7O3/c19-12-8-22-17(23-9-12)24-10-13-7-15(26-16(20)25-13)29-14-3-1-11(2-4-14)5-6-21-18(27)28/h1-4,7-9,21H,5-6,10H2,(H,27,28)(H2,20,25,26)(H,22,23,24). The summed E-state index contributed by atoms with van der Waals surface area (Å²) in [7, 11) is 0. The third-order valence-corrected chi connectivity index (χ3v) is 3.85. The molecule has 1 amide bonds. The highest BCUT2D eigenvalue weighted by Crippen LogP contribution is 2.21. The van der Waals surface area contributed by atoms with Gasteiger partial charge in [-0.1, -0.05) is 23.7 Å². The minimum atomic E-state index is -1.04. The van der Waals surface area contributed by atoms with Gasteiger partial charge in [-0.3, -0.25) is 0 Å². The van der Waals surface area contributed by atoms with Crippen LogP contribution in [-0.4, -0.2) is 37.7 Å². The van der Waals surface area contributed by atoms with Gasteiger partial charge in [-0.2, -0.15) is 4.98 Å². The van der Waals surface area contributed by atoms with E-state index in [0.29, 0.717) is 47.8 Å². The summed E-state index contributed by atoms with van der Waals surface area (Å²) in [4.78, 5) is 26.8. The van der Waals surface area contributed by atoms with Gasteiger partial charge in [0.25, 0.3) is 0 Å². The first-order chi connectivity index (χ1) is 14.0. The molecule has 1 aromatic carbocycles. The van der Waals surface area contributed by atoms with Crippen LogP contribution >= 0.6 is 11.6 Å². The van der Waals surface area contributed by atoms with E-state index in [2.05, 4.69) is 30.6 Å². The third-order valence-electron chi connectivity index (χ3n) is 3.66. The molecule has 3 aromatic rings. The highest BCUT2D eigenvalue weighted by Gasteiger charge is 2.06. The van der Waals surface area contributed by atoms with Gasteiger partial charge >= 0.3 is 6.09 Å². The van der Waals surface area contributed by atoms with Gasteiger partial charge in [-0.05, 0) is 24.1 Å². The number of nitrogens with two attached hydrogens (primary N) is 1. The zero-order chi connectivity index (χ0) is 20.6. The molecule has 10 nitrogen and oxygen atoms in total. The maximum absolute atomic E-state index is 10.5. The number of nitrogens with one attached hydrogen (secondary N) is 2. The largest absolute Gasteiger partial charge is 0.465 e. The lowest BCUT2D eigenvalue weighted by atomic mass is 10.1. The highest BCUT2D eigenvalue weighted by molar-refractivity contribution is 6.30. The fourth-order valence-electron chi connectivity index (χ4n) is 2.37. The van der Waals surface area contributed by atoms with Crippen molar-refractivity contribution in [1.82, 2.24) is 25.3 Å². The highest BCUT2D eigenvalue weighted by atomic mass is 35.5. The fourth-order valence-corrected chi connectivity index (χ4v) is 2.46. The first-order valence-electron chi connectivity index (χ1n) is 8.56. The predicted molar refractivity (Wildman–Crippen MR) is 107 cm³/mol. The van der Waals surface area contributed by atoms with Crippen LogP contribution in [0.1, 0.15) is 11.3 Å². The molecule has 2 aromatic heterocycles. The molecule has 0 bridgehead atoms. The molecule has 0 aliphatic heterocycles. The topological polar surface area (TPSA) is 148 Å². The zero-order valence-electron chi connectivity index (χ0n) is 15.2. The van der Waals surface area contributed by atoms with E-state index >= 15 is 0 Å². The summed E-state index contributed by atoms with van der Waals surface area (Å²) >= 11 is 5.76. The quantitative estimate of drug-likeness (QED) is 0.435. The van der Waals surface area contributed by atoms with Crippen LogP contribution in [0.15, 0.2) is 42.7 Å². The minimum absolute atomic E-state index is 0.0766. The molecule has 0 saturated heterocycles. The maximum atomic E-state index is 10.5. The lowest BCUT2D eigenvalue weighted by Crippen LogP contribution is -2.23. The second-order valence-electron chi connectivity index (χ2n) is 5.86. The monoisotopic (exact) mass is 415 g/mol. The number of aromatic nitrogens is 4. The molecule has 5 N–H and O–H groups in total. The van der Waals surface area contributed by atoms with E-state index in [1.807, 2.05) is 12.1 Å². The molecule has 150 valence electrons. The normalized spacial score (nSPS) is 10.4. The van der Waals surface area contributed by atoms with Crippen molar-refractivity contribution in [3.05, 3.63) is 59.0 Å². The molecule has 3 rings (SSSR count). The lowest BCUT2D eigenvalue weighted by Gasteiger charge is -2.09. The maximum Gasteiger partial charge on any atom is 0.404 e. The van der Waals surface area contributed by atoms with Gasteiger partial charge in [0.1, 0.15) is 5.75 Å². The van der Waals surface area contributed by atoms with E-state index in [1.54, 1.807) is 18.2 Å². The molecule has 2 heterocycles. The number of amides is 1. The third kappa shape index (κ3) is 6.47. The van der Waals surface area contributed by atoms with Gasteiger partial charge in [0.05, 0.1) is 29.7 Å². The first-order valence-corrected chi connectivity index (χ1v) is 8.94. The number of nitrogens with zero attached hydrogens (tertiary/aromatic N) is 4. The lowest BCUT2D eigenvalue weighted by molar-refractivity contribution is 0.194. The number of anilines is 2. The number of hydrogen-bond donors (Lipinski definition) is 4. The van der Waals surface area contributed by atoms with E-state index in [9.17, 15) is 4.79 Å². The molecule has 0 spiro atoms. The zero-order valence-corrected chi connectivity index (χ0v) is 15.9. The Hall–Kier alpha value is -3.66. The Bertz CT molecular complexity index is 968. The summed E-state index contributed by atoms with van der Waals surface area (Å²) in [5, 5.41) is 14.4. The molecular weight excluding hydrogens is 398 g/mol. The molecule has 0 radical (unpaired) electrons. The van der Waals surface area contributed by atoms with Crippen molar-refractivity contribution in [2.75, 3.05) is 17.6 Å². The number of ether oxygens (including phenoxy) is 1. The molecule has 0 unspecified atom stereocenters. The second kappa shape index (κ2) is 9.51. The van der Waals surface area contributed by atoms with Gasteiger partial charge in [0.2, 0.25) is 17.8 Å². The molecule has 0 aliphatic rings. The van der Waals surface area contributed by atoms with Crippen LogP contribution in [-0.2, 0) is 13.0 Å². The molecular formula is C18H18ClN7O3. The molecule has 0 fully saturated rings. The van der Waals surface area contributed by atoms with Crippen LogP contribution in [0.3, 0.4) is 0 Å². The number of nitrogen functional groups attached to an aromatic ring is 1. The summed E-state index contributed by atoms with van der Waals surface area (Å²) < 4.78 is 5.75. The van der Waals surface area contributed by atoms with Crippen molar-refractivity contribution in [2.24, 2.45) is 0 Å². The van der Waals surface area contributed by atoms with E-state index in [4.69, 9.17) is 27.2 Å². The Morgan fingerprint density at radius 1 is 1.17 bits per heavy atom. The van der Waals surface area contributed by atoms with Gasteiger partial charge in [-0.15, -0.1) is 0 Å². The molecule has 29 heavy (non-hydrogen) atoms. The first kappa shape index (κ1) is 20.1. The van der Waals surface area contributed by atoms with Crippen molar-refractivity contribution in [3.63, 3.8) is 0 Å². The van der Waals surface area contributed by atoms with Gasteiger partial charge in [0.15, 0.2) is 0 Å². The van der Waals surface area contributed by atoms with E-state index in [1.165, 1.54) is 12.4 Å². The summed E-state index contributed by atoms with van der Waals surface area (Å²) in [5.74, 6) is 1.35. The van der Waals surface area contributed by atoms with E-state index in [-0.39, 0.29) is 5.95 Å². The van der Waals surface area contributed by atoms with Gasteiger partial charge in [-0.25, -0.2) is 19.7 Å². The number of hydrogen-bond acceptors (Lipinski definition) is 8. The van der Waals surface area contributed by atoms with Crippen molar-refractivity contribution in [1.29, 1.82) is 0 Å².